The molecule has 0 amide bonds. The minimum absolute atomic E-state index is 0.0564. The molecule has 108 valence electrons. The molecule has 2 rings (SSSR count). The summed E-state index contributed by atoms with van der Waals surface area (Å²) >= 11 is 0. The maximum atomic E-state index is 5.98. The molecular weight excluding hydrogens is 252 g/mol. The quantitative estimate of drug-likeness (QED) is 0.879. The van der Waals surface area contributed by atoms with Crippen LogP contribution in [0.15, 0.2) is 24.5 Å². The molecule has 2 N–H and O–H groups in total. The average Bonchev–Trinajstić information content (AvgIpc) is 2.84. The lowest BCUT2D eigenvalue weighted by Gasteiger charge is -2.14. The van der Waals surface area contributed by atoms with E-state index in [1.165, 1.54) is 0 Å². The fourth-order valence-corrected chi connectivity index (χ4v) is 2.08. The summed E-state index contributed by atoms with van der Waals surface area (Å²) in [4.78, 5) is 4.24. The maximum absolute atomic E-state index is 5.98. The number of hydrogen-bond acceptors (Lipinski definition) is 4. The summed E-state index contributed by atoms with van der Waals surface area (Å²) in [7, 11) is 0. The molecule has 0 saturated heterocycles. The van der Waals surface area contributed by atoms with E-state index >= 15 is 0 Å². The molecule has 1 heterocycles. The first-order valence-corrected chi connectivity index (χ1v) is 6.97. The Balaban J connectivity index is 2.14. The number of aromatic nitrogens is 3. The smallest absolute Gasteiger partial charge is 0.164 e. The highest BCUT2D eigenvalue weighted by Crippen LogP contribution is 2.25. The van der Waals surface area contributed by atoms with E-state index in [2.05, 4.69) is 17.0 Å². The molecule has 2 aromatic rings. The van der Waals surface area contributed by atoms with Crippen LogP contribution in [0, 0.1) is 6.92 Å². The predicted molar refractivity (Wildman–Crippen MR) is 78.4 cm³/mol. The lowest BCUT2D eigenvalue weighted by Crippen LogP contribution is -2.11. The summed E-state index contributed by atoms with van der Waals surface area (Å²) in [5.74, 6) is 1.66. The molecule has 0 radical (unpaired) electrons. The Morgan fingerprint density at radius 2 is 2.20 bits per heavy atom. The molecule has 0 saturated carbocycles. The van der Waals surface area contributed by atoms with Gasteiger partial charge in [-0.1, -0.05) is 19.1 Å². The van der Waals surface area contributed by atoms with E-state index in [-0.39, 0.29) is 6.04 Å². The van der Waals surface area contributed by atoms with Gasteiger partial charge in [0.05, 0.1) is 0 Å². The van der Waals surface area contributed by atoms with E-state index in [1.807, 2.05) is 36.7 Å². The summed E-state index contributed by atoms with van der Waals surface area (Å²) in [6.45, 7) is 7.37. The largest absolute Gasteiger partial charge is 0.485 e. The highest BCUT2D eigenvalue weighted by atomic mass is 16.5. The van der Waals surface area contributed by atoms with Gasteiger partial charge in [0.15, 0.2) is 5.82 Å². The van der Waals surface area contributed by atoms with Crippen LogP contribution in [-0.2, 0) is 13.2 Å². The van der Waals surface area contributed by atoms with Gasteiger partial charge in [0, 0.05) is 18.2 Å². The molecule has 1 aromatic carbocycles. The Hall–Kier alpha value is -1.88. The predicted octanol–water partition coefficient (Wildman–Crippen LogP) is 2.60. The van der Waals surface area contributed by atoms with Crippen LogP contribution in [0.2, 0.25) is 0 Å². The Morgan fingerprint density at radius 1 is 1.40 bits per heavy atom. The minimum Gasteiger partial charge on any atom is -0.485 e. The molecule has 0 aliphatic rings. The Bertz CT molecular complexity index is 563. The lowest BCUT2D eigenvalue weighted by molar-refractivity contribution is 0.282. The van der Waals surface area contributed by atoms with Crippen LogP contribution in [0.25, 0.3) is 0 Å². The molecule has 0 aliphatic carbocycles. The van der Waals surface area contributed by atoms with Crippen molar-refractivity contribution in [3.05, 3.63) is 41.5 Å². The van der Waals surface area contributed by atoms with Crippen molar-refractivity contribution in [2.75, 3.05) is 0 Å². The number of hydrogen-bond donors (Lipinski definition) is 1. The topological polar surface area (TPSA) is 66.0 Å². The van der Waals surface area contributed by atoms with Crippen molar-refractivity contribution in [3.63, 3.8) is 0 Å². The van der Waals surface area contributed by atoms with Gasteiger partial charge in [0.1, 0.15) is 18.7 Å². The molecule has 20 heavy (non-hydrogen) atoms. The molecule has 1 atom stereocenters. The fourth-order valence-electron chi connectivity index (χ4n) is 2.08. The molecular formula is C15H22N4O. The molecule has 0 spiro atoms. The monoisotopic (exact) mass is 274 g/mol. The van der Waals surface area contributed by atoms with Crippen LogP contribution in [0.4, 0.5) is 0 Å². The Kier molecular flexibility index (Phi) is 4.74. The van der Waals surface area contributed by atoms with E-state index in [0.29, 0.717) is 6.61 Å². The normalized spacial score (nSPS) is 12.4. The second-order valence-corrected chi connectivity index (χ2v) is 5.02. The molecule has 0 aliphatic heterocycles. The van der Waals surface area contributed by atoms with Crippen LogP contribution < -0.4 is 10.5 Å². The first kappa shape index (κ1) is 14.5. The van der Waals surface area contributed by atoms with Gasteiger partial charge in [-0.3, -0.25) is 0 Å². The summed E-state index contributed by atoms with van der Waals surface area (Å²) < 4.78 is 7.78. The van der Waals surface area contributed by atoms with Crippen molar-refractivity contribution < 1.29 is 4.74 Å². The zero-order chi connectivity index (χ0) is 14.5. The third kappa shape index (κ3) is 3.36. The van der Waals surface area contributed by atoms with Gasteiger partial charge in [0.2, 0.25) is 0 Å². The number of aryl methyl sites for hydroxylation is 2. The zero-order valence-corrected chi connectivity index (χ0v) is 12.3. The van der Waals surface area contributed by atoms with Crippen LogP contribution in [-0.4, -0.2) is 14.8 Å². The fraction of sp³-hybridized carbons (Fsp3) is 0.467. The van der Waals surface area contributed by atoms with Gasteiger partial charge in [-0.15, -0.1) is 0 Å². The molecule has 0 fully saturated rings. The second kappa shape index (κ2) is 6.52. The van der Waals surface area contributed by atoms with Gasteiger partial charge < -0.3 is 10.5 Å². The van der Waals surface area contributed by atoms with E-state index in [4.69, 9.17) is 10.5 Å². The minimum atomic E-state index is -0.0564. The number of benzene rings is 1. The third-order valence-corrected chi connectivity index (χ3v) is 3.15. The summed E-state index contributed by atoms with van der Waals surface area (Å²) in [6.07, 6.45) is 2.59. The maximum Gasteiger partial charge on any atom is 0.164 e. The standard InChI is InChI=1S/C15H22N4O/c1-4-7-19-15(17-10-18-19)9-20-14-8-11(2)5-6-13(14)12(3)16/h5-6,8,10,12H,4,7,9,16H2,1-3H3. The van der Waals surface area contributed by atoms with Crippen LogP contribution in [0.5, 0.6) is 5.75 Å². The van der Waals surface area contributed by atoms with Crippen molar-refractivity contribution in [1.82, 2.24) is 14.8 Å². The first-order chi connectivity index (χ1) is 9.61. The van der Waals surface area contributed by atoms with E-state index < -0.39 is 0 Å². The van der Waals surface area contributed by atoms with Crippen LogP contribution >= 0.6 is 0 Å². The van der Waals surface area contributed by atoms with Gasteiger partial charge in [-0.2, -0.15) is 5.10 Å². The SMILES string of the molecule is CCCn1ncnc1COc1cc(C)ccc1C(C)N. The van der Waals surface area contributed by atoms with Crippen LogP contribution in [0.3, 0.4) is 0 Å². The van der Waals surface area contributed by atoms with Crippen LogP contribution in [0.1, 0.15) is 43.3 Å². The van der Waals surface area contributed by atoms with Gasteiger partial charge in [-0.25, -0.2) is 9.67 Å². The summed E-state index contributed by atoms with van der Waals surface area (Å²) in [5.41, 5.74) is 8.14. The molecule has 5 nitrogen and oxygen atoms in total. The Morgan fingerprint density at radius 3 is 2.90 bits per heavy atom. The second-order valence-electron chi connectivity index (χ2n) is 5.02. The average molecular weight is 274 g/mol. The number of nitrogens with zero attached hydrogens (tertiary/aromatic N) is 3. The van der Waals surface area contributed by atoms with E-state index in [1.54, 1.807) is 6.33 Å². The van der Waals surface area contributed by atoms with Crippen molar-refractivity contribution in [2.24, 2.45) is 5.73 Å². The van der Waals surface area contributed by atoms with Gasteiger partial charge in [0.25, 0.3) is 0 Å². The molecule has 0 bridgehead atoms. The molecule has 1 aromatic heterocycles. The van der Waals surface area contributed by atoms with E-state index in [0.717, 1.165) is 35.7 Å². The Labute approximate surface area is 119 Å². The number of rotatable bonds is 6. The number of ether oxygens (including phenoxy) is 1. The molecule has 5 heteroatoms. The molecule has 1 unspecified atom stereocenters. The highest BCUT2D eigenvalue weighted by molar-refractivity contribution is 5.38. The van der Waals surface area contributed by atoms with E-state index in [9.17, 15) is 0 Å². The zero-order valence-electron chi connectivity index (χ0n) is 12.3. The lowest BCUT2D eigenvalue weighted by atomic mass is 10.1. The van der Waals surface area contributed by atoms with Crippen molar-refractivity contribution in [3.8, 4) is 5.75 Å². The summed E-state index contributed by atoms with van der Waals surface area (Å²) in [6, 6.07) is 6.02. The highest BCUT2D eigenvalue weighted by Gasteiger charge is 2.10. The number of nitrogens with two attached hydrogens (primary N) is 1. The van der Waals surface area contributed by atoms with Crippen molar-refractivity contribution in [2.45, 2.75) is 46.4 Å². The van der Waals surface area contributed by atoms with Crippen molar-refractivity contribution in [1.29, 1.82) is 0 Å². The van der Waals surface area contributed by atoms with Gasteiger partial charge >= 0.3 is 0 Å². The van der Waals surface area contributed by atoms with Gasteiger partial charge in [-0.05, 0) is 31.9 Å². The first-order valence-electron chi connectivity index (χ1n) is 6.97. The van der Waals surface area contributed by atoms with Crippen molar-refractivity contribution >= 4 is 0 Å². The third-order valence-electron chi connectivity index (χ3n) is 3.15. The summed E-state index contributed by atoms with van der Waals surface area (Å²) in [5, 5.41) is 4.19.